The highest BCUT2D eigenvalue weighted by Gasteiger charge is 2.19. The highest BCUT2D eigenvalue weighted by atomic mass is 16.5. The molecule has 2 N–H and O–H groups in total. The van der Waals surface area contributed by atoms with Crippen molar-refractivity contribution >= 4 is 17.6 Å². The summed E-state index contributed by atoms with van der Waals surface area (Å²) in [4.78, 5) is 34.9. The van der Waals surface area contributed by atoms with Gasteiger partial charge in [0.05, 0.1) is 19.0 Å². The van der Waals surface area contributed by atoms with Crippen molar-refractivity contribution in [3.8, 4) is 17.4 Å². The molecule has 27 heavy (non-hydrogen) atoms. The van der Waals surface area contributed by atoms with E-state index in [0.29, 0.717) is 23.1 Å². The number of pyridine rings is 1. The Bertz CT molecular complexity index is 975. The van der Waals surface area contributed by atoms with Gasteiger partial charge in [0.1, 0.15) is 0 Å². The van der Waals surface area contributed by atoms with Gasteiger partial charge in [0, 0.05) is 18.5 Å². The molecule has 9 nitrogen and oxygen atoms in total. The zero-order valence-corrected chi connectivity index (χ0v) is 14.1. The zero-order chi connectivity index (χ0) is 19.2. The lowest BCUT2D eigenvalue weighted by Gasteiger charge is -2.10. The second-order valence-corrected chi connectivity index (χ2v) is 5.15. The summed E-state index contributed by atoms with van der Waals surface area (Å²) in [6.45, 7) is 0. The predicted octanol–water partition coefficient (Wildman–Crippen LogP) is 2.62. The number of carboxylic acid groups (broad SMARTS) is 1. The Morgan fingerprint density at radius 3 is 2.30 bits per heavy atom. The first-order chi connectivity index (χ1) is 13.1. The Morgan fingerprint density at radius 1 is 0.963 bits per heavy atom. The minimum Gasteiger partial charge on any atom is -0.493 e. The summed E-state index contributed by atoms with van der Waals surface area (Å²) in [6, 6.07) is 10.2. The van der Waals surface area contributed by atoms with Gasteiger partial charge in [0.25, 0.3) is 5.91 Å². The molecule has 1 amide bonds. The molecule has 3 rings (SSSR count). The SMILES string of the molecule is COc1ccccc1Oc1ccc(NC(=O)c2nccnc2C(=O)O)cn1. The van der Waals surface area contributed by atoms with Crippen molar-refractivity contribution in [2.45, 2.75) is 0 Å². The van der Waals surface area contributed by atoms with Gasteiger partial charge in [-0.05, 0) is 18.2 Å². The number of carbonyl (C=O) groups is 2. The molecule has 0 aliphatic heterocycles. The van der Waals surface area contributed by atoms with E-state index in [2.05, 4.69) is 20.3 Å². The Morgan fingerprint density at radius 2 is 1.67 bits per heavy atom. The summed E-state index contributed by atoms with van der Waals surface area (Å²) in [7, 11) is 1.53. The van der Waals surface area contributed by atoms with Crippen molar-refractivity contribution < 1.29 is 24.2 Å². The first kappa shape index (κ1) is 17.8. The number of nitrogens with zero attached hydrogens (tertiary/aromatic N) is 3. The van der Waals surface area contributed by atoms with Gasteiger partial charge in [0.15, 0.2) is 22.9 Å². The van der Waals surface area contributed by atoms with Crippen LogP contribution in [0.1, 0.15) is 21.0 Å². The number of para-hydroxylation sites is 2. The number of carbonyl (C=O) groups excluding carboxylic acids is 1. The maximum absolute atomic E-state index is 12.2. The van der Waals surface area contributed by atoms with Crippen LogP contribution in [0.4, 0.5) is 5.69 Å². The molecule has 3 aromatic rings. The molecule has 0 saturated carbocycles. The molecule has 0 bridgehead atoms. The fourth-order valence-corrected chi connectivity index (χ4v) is 2.18. The van der Waals surface area contributed by atoms with E-state index in [-0.39, 0.29) is 5.69 Å². The van der Waals surface area contributed by atoms with E-state index in [1.807, 2.05) is 6.07 Å². The van der Waals surface area contributed by atoms with Gasteiger partial charge in [-0.3, -0.25) is 4.79 Å². The second-order valence-electron chi connectivity index (χ2n) is 5.15. The van der Waals surface area contributed by atoms with E-state index < -0.39 is 17.6 Å². The Hall–Kier alpha value is -4.01. The number of rotatable bonds is 6. The van der Waals surface area contributed by atoms with E-state index >= 15 is 0 Å². The molecule has 0 aliphatic carbocycles. The monoisotopic (exact) mass is 366 g/mol. The van der Waals surface area contributed by atoms with Crippen LogP contribution in [-0.2, 0) is 0 Å². The molecule has 2 heterocycles. The van der Waals surface area contributed by atoms with Crippen LogP contribution in [0, 0.1) is 0 Å². The van der Waals surface area contributed by atoms with E-state index in [1.165, 1.54) is 25.7 Å². The third-order valence-corrected chi connectivity index (χ3v) is 3.39. The molecule has 0 radical (unpaired) electrons. The highest BCUT2D eigenvalue weighted by Crippen LogP contribution is 2.30. The highest BCUT2D eigenvalue weighted by molar-refractivity contribution is 6.08. The van der Waals surface area contributed by atoms with Crippen LogP contribution in [-0.4, -0.2) is 39.0 Å². The molecule has 0 fully saturated rings. The Kier molecular flexibility index (Phi) is 5.22. The third-order valence-electron chi connectivity index (χ3n) is 3.39. The van der Waals surface area contributed by atoms with Crippen LogP contribution >= 0.6 is 0 Å². The first-order valence-corrected chi connectivity index (χ1v) is 7.71. The molecule has 0 atom stereocenters. The summed E-state index contributed by atoms with van der Waals surface area (Å²) < 4.78 is 10.8. The first-order valence-electron chi connectivity index (χ1n) is 7.71. The van der Waals surface area contributed by atoms with Crippen molar-refractivity contribution in [1.82, 2.24) is 15.0 Å². The van der Waals surface area contributed by atoms with Crippen LogP contribution in [0.3, 0.4) is 0 Å². The van der Waals surface area contributed by atoms with Gasteiger partial charge in [-0.15, -0.1) is 0 Å². The third kappa shape index (κ3) is 4.15. The van der Waals surface area contributed by atoms with Crippen LogP contribution in [0.2, 0.25) is 0 Å². The van der Waals surface area contributed by atoms with Gasteiger partial charge in [-0.2, -0.15) is 0 Å². The fraction of sp³-hybridized carbons (Fsp3) is 0.0556. The molecule has 0 spiro atoms. The van der Waals surface area contributed by atoms with Gasteiger partial charge >= 0.3 is 5.97 Å². The summed E-state index contributed by atoms with van der Waals surface area (Å²) in [5.74, 6) is -0.702. The predicted molar refractivity (Wildman–Crippen MR) is 94.2 cm³/mol. The normalized spacial score (nSPS) is 10.1. The molecule has 2 aromatic heterocycles. The molecule has 1 aromatic carbocycles. The van der Waals surface area contributed by atoms with Crippen molar-refractivity contribution in [2.75, 3.05) is 12.4 Å². The summed E-state index contributed by atoms with van der Waals surface area (Å²) in [5.41, 5.74) is -0.382. The number of nitrogens with one attached hydrogen (secondary N) is 1. The number of benzene rings is 1. The maximum Gasteiger partial charge on any atom is 0.356 e. The van der Waals surface area contributed by atoms with Gasteiger partial charge in [0.2, 0.25) is 5.88 Å². The van der Waals surface area contributed by atoms with Crippen molar-refractivity contribution in [3.05, 3.63) is 66.4 Å². The number of ether oxygens (including phenoxy) is 2. The van der Waals surface area contributed by atoms with Crippen molar-refractivity contribution in [2.24, 2.45) is 0 Å². The molecular formula is C18H14N4O5. The van der Waals surface area contributed by atoms with Crippen molar-refractivity contribution in [3.63, 3.8) is 0 Å². The molecule has 0 aliphatic rings. The lowest BCUT2D eigenvalue weighted by atomic mass is 10.2. The lowest BCUT2D eigenvalue weighted by molar-refractivity contribution is 0.0685. The van der Waals surface area contributed by atoms with E-state index in [4.69, 9.17) is 14.6 Å². The number of hydrogen-bond donors (Lipinski definition) is 2. The van der Waals surface area contributed by atoms with Crippen LogP contribution < -0.4 is 14.8 Å². The topological polar surface area (TPSA) is 124 Å². The van der Waals surface area contributed by atoms with Gasteiger partial charge in [-0.1, -0.05) is 12.1 Å². The minimum absolute atomic E-state index is 0.292. The number of aromatic nitrogens is 3. The van der Waals surface area contributed by atoms with Crippen LogP contribution in [0.15, 0.2) is 55.0 Å². The molecular weight excluding hydrogens is 352 g/mol. The average molecular weight is 366 g/mol. The molecule has 9 heteroatoms. The Labute approximate surface area is 153 Å². The molecule has 0 saturated heterocycles. The number of hydrogen-bond acceptors (Lipinski definition) is 7. The number of methoxy groups -OCH3 is 1. The number of amides is 1. The summed E-state index contributed by atoms with van der Waals surface area (Å²) in [6.07, 6.45) is 3.81. The number of carboxylic acids is 1. The smallest absolute Gasteiger partial charge is 0.356 e. The molecule has 136 valence electrons. The molecule has 0 unspecified atom stereocenters. The minimum atomic E-state index is -1.34. The van der Waals surface area contributed by atoms with E-state index in [9.17, 15) is 9.59 Å². The Balaban J connectivity index is 1.73. The van der Waals surface area contributed by atoms with Crippen molar-refractivity contribution in [1.29, 1.82) is 0 Å². The van der Waals surface area contributed by atoms with Crippen LogP contribution in [0.25, 0.3) is 0 Å². The zero-order valence-electron chi connectivity index (χ0n) is 14.1. The van der Waals surface area contributed by atoms with Crippen LogP contribution in [0.5, 0.6) is 17.4 Å². The number of anilines is 1. The van der Waals surface area contributed by atoms with E-state index in [1.54, 1.807) is 30.3 Å². The lowest BCUT2D eigenvalue weighted by Crippen LogP contribution is -2.19. The van der Waals surface area contributed by atoms with Gasteiger partial charge in [-0.25, -0.2) is 19.7 Å². The number of aromatic carboxylic acids is 1. The quantitative estimate of drug-likeness (QED) is 0.682. The standard InChI is InChI=1S/C18H14N4O5/c1-26-12-4-2-3-5-13(12)27-14-7-6-11(10-21-14)22-17(23)15-16(18(24)25)20-9-8-19-15/h2-10H,1H3,(H,22,23)(H,24,25). The fourth-order valence-electron chi connectivity index (χ4n) is 2.18. The summed E-state index contributed by atoms with van der Waals surface area (Å²) in [5, 5.41) is 11.6. The average Bonchev–Trinajstić information content (AvgIpc) is 2.69. The second kappa shape index (κ2) is 7.91. The maximum atomic E-state index is 12.2. The summed E-state index contributed by atoms with van der Waals surface area (Å²) >= 11 is 0. The van der Waals surface area contributed by atoms with Gasteiger partial charge < -0.3 is 19.9 Å². The van der Waals surface area contributed by atoms with E-state index in [0.717, 1.165) is 0 Å². The largest absolute Gasteiger partial charge is 0.493 e.